The van der Waals surface area contributed by atoms with Gasteiger partial charge >= 0.3 is 12.1 Å². The lowest BCUT2D eigenvalue weighted by atomic mass is 9.85. The Balaban J connectivity index is 1.26. The predicted molar refractivity (Wildman–Crippen MR) is 222 cm³/mol. The molecule has 3 aromatic rings. The van der Waals surface area contributed by atoms with Crippen LogP contribution < -0.4 is 15.4 Å². The van der Waals surface area contributed by atoms with Crippen LogP contribution in [0.15, 0.2) is 60.7 Å². The van der Waals surface area contributed by atoms with Crippen LogP contribution in [0.1, 0.15) is 103 Å². The Hall–Kier alpha value is -5.18. The standard InChI is InChI=1S/C44H55N5O9S/c1-7-28-24-44(28,40(53)47-59(55,56)31-19-20-31)46-37(50)34-22-30-25-48(34)38(51)36(42(2,3)4)45-41(54)57-26-43(5,6)21-12-11-14-27-15-13-18-33-32(27)23-35(39(52)58-30)49(33)29-16-9-8-10-17-29/h8-11,13-18,23,28,30-31,34,36H,7,12,19-22,24-26H2,1-6H3,(H,45,54)(H,46,50)(H,47,53)/t28-,30-,34+,36-,44-/m1/s1. The largest absolute Gasteiger partial charge is 0.456 e. The van der Waals surface area contributed by atoms with Crippen LogP contribution in [0.25, 0.3) is 22.7 Å². The number of nitrogens with one attached hydrogen (secondary N) is 3. The second kappa shape index (κ2) is 15.8. The maximum Gasteiger partial charge on any atom is 0.407 e. The molecule has 0 radical (unpaired) electrons. The topological polar surface area (TPSA) is 182 Å². The van der Waals surface area contributed by atoms with Gasteiger partial charge in [-0.1, -0.05) is 90.4 Å². The van der Waals surface area contributed by atoms with E-state index in [1.807, 2.05) is 79.9 Å². The number of ether oxygens (including phenoxy) is 2. The molecule has 3 fully saturated rings. The number of benzene rings is 2. The van der Waals surface area contributed by atoms with Crippen molar-refractivity contribution in [2.24, 2.45) is 16.7 Å². The highest BCUT2D eigenvalue weighted by Gasteiger charge is 2.62. The van der Waals surface area contributed by atoms with Gasteiger partial charge in [0.05, 0.1) is 23.9 Å². The molecule has 2 aromatic carbocycles. The summed E-state index contributed by atoms with van der Waals surface area (Å²) in [7, 11) is -3.91. The molecule has 4 bridgehead atoms. The van der Waals surface area contributed by atoms with Crippen LogP contribution in [0.5, 0.6) is 0 Å². The summed E-state index contributed by atoms with van der Waals surface area (Å²) < 4.78 is 41.5. The van der Waals surface area contributed by atoms with Gasteiger partial charge < -0.3 is 29.6 Å². The normalized spacial score (nSPS) is 26.5. The molecule has 316 valence electrons. The number of carbonyl (C=O) groups is 5. The number of aromatic nitrogens is 1. The number of rotatable bonds is 7. The molecule has 59 heavy (non-hydrogen) atoms. The molecule has 2 aliphatic heterocycles. The van der Waals surface area contributed by atoms with E-state index in [-0.39, 0.29) is 37.6 Å². The zero-order chi connectivity index (χ0) is 42.5. The van der Waals surface area contributed by atoms with E-state index in [0.717, 1.165) is 22.2 Å². The molecule has 1 saturated heterocycles. The number of esters is 1. The van der Waals surface area contributed by atoms with Crippen LogP contribution in [0.2, 0.25) is 0 Å². The van der Waals surface area contributed by atoms with Crippen LogP contribution in [0.3, 0.4) is 0 Å². The SMILES string of the molecule is CC[C@@H]1C[C@]1(NC(=O)[C@@H]1C[C@@H]2CN1C(=O)[C@H](C(C)(C)C)NC(=O)OCC(C)(C)CCC=Cc1cccc3c1cc(n3-c1ccccc1)C(=O)O2)C(=O)NS(=O)(=O)C1CC1. The first kappa shape index (κ1) is 42.0. The van der Waals surface area contributed by atoms with Crippen LogP contribution >= 0.6 is 0 Å². The average Bonchev–Trinajstić information content (AvgIpc) is 4.08. The van der Waals surface area contributed by atoms with Crippen molar-refractivity contribution < 1.29 is 41.9 Å². The molecule has 3 N–H and O–H groups in total. The van der Waals surface area contributed by atoms with Gasteiger partial charge in [0.1, 0.15) is 29.4 Å². The van der Waals surface area contributed by atoms with Gasteiger partial charge in [0.25, 0.3) is 5.91 Å². The Kier molecular flexibility index (Phi) is 11.2. The highest BCUT2D eigenvalue weighted by atomic mass is 32.2. The summed E-state index contributed by atoms with van der Waals surface area (Å²) in [6, 6.07) is 14.7. The quantitative estimate of drug-likeness (QED) is 0.255. The first-order chi connectivity index (χ1) is 27.8. The van der Waals surface area contributed by atoms with Crippen molar-refractivity contribution in [3.05, 3.63) is 71.9 Å². The summed E-state index contributed by atoms with van der Waals surface area (Å²) in [6.45, 7) is 11.1. The zero-order valence-electron chi connectivity index (χ0n) is 34.6. The second-order valence-corrected chi connectivity index (χ2v) is 20.3. The highest BCUT2D eigenvalue weighted by Crippen LogP contribution is 2.47. The molecule has 0 unspecified atom stereocenters. The number of alkyl carbamates (subject to hydrolysis) is 1. The number of carbonyl (C=O) groups excluding carboxylic acids is 5. The molecule has 4 aliphatic rings. The van der Waals surface area contributed by atoms with Crippen LogP contribution in [0.4, 0.5) is 4.79 Å². The second-order valence-electron chi connectivity index (χ2n) is 18.3. The fourth-order valence-corrected chi connectivity index (χ4v) is 9.64. The Bertz CT molecular complexity index is 2290. The van der Waals surface area contributed by atoms with E-state index in [1.165, 1.54) is 4.90 Å². The van der Waals surface area contributed by atoms with E-state index in [1.54, 1.807) is 26.8 Å². The van der Waals surface area contributed by atoms with Gasteiger partial charge in [0.2, 0.25) is 21.8 Å². The predicted octanol–water partition coefficient (Wildman–Crippen LogP) is 5.62. The Labute approximate surface area is 345 Å². The van der Waals surface area contributed by atoms with E-state index in [0.29, 0.717) is 32.1 Å². The molecule has 4 amide bonds. The molecular formula is C44H55N5O9S. The van der Waals surface area contributed by atoms with Gasteiger partial charge in [0.15, 0.2) is 0 Å². The van der Waals surface area contributed by atoms with Gasteiger partial charge in [-0.3, -0.25) is 19.1 Å². The van der Waals surface area contributed by atoms with E-state index in [9.17, 15) is 32.4 Å². The van der Waals surface area contributed by atoms with E-state index in [4.69, 9.17) is 9.47 Å². The van der Waals surface area contributed by atoms with Gasteiger partial charge in [-0.15, -0.1) is 0 Å². The smallest absolute Gasteiger partial charge is 0.407 e. The fraction of sp³-hybridized carbons (Fsp3) is 0.523. The summed E-state index contributed by atoms with van der Waals surface area (Å²) in [6.07, 6.45) is 5.19. The number of fused-ring (bicyclic) bond motifs is 3. The first-order valence-corrected chi connectivity index (χ1v) is 22.1. The third-order valence-corrected chi connectivity index (χ3v) is 13.8. The van der Waals surface area contributed by atoms with Gasteiger partial charge in [-0.25, -0.2) is 18.0 Å². The van der Waals surface area contributed by atoms with Crippen molar-refractivity contribution in [1.29, 1.82) is 0 Å². The number of hydrogen-bond acceptors (Lipinski definition) is 9. The highest BCUT2D eigenvalue weighted by molar-refractivity contribution is 7.91. The van der Waals surface area contributed by atoms with Crippen LogP contribution in [0, 0.1) is 16.7 Å². The molecule has 14 nitrogen and oxygen atoms in total. The third kappa shape index (κ3) is 8.76. The lowest BCUT2D eigenvalue weighted by Crippen LogP contribution is -2.60. The van der Waals surface area contributed by atoms with Crippen molar-refractivity contribution in [1.82, 2.24) is 24.8 Å². The molecule has 1 aromatic heterocycles. The van der Waals surface area contributed by atoms with Crippen molar-refractivity contribution in [3.8, 4) is 5.69 Å². The molecule has 15 heteroatoms. The van der Waals surface area contributed by atoms with E-state index in [2.05, 4.69) is 21.4 Å². The molecule has 3 heterocycles. The zero-order valence-corrected chi connectivity index (χ0v) is 35.4. The molecule has 2 aliphatic carbocycles. The lowest BCUT2D eigenvalue weighted by Gasteiger charge is -2.35. The summed E-state index contributed by atoms with van der Waals surface area (Å²) in [5.41, 5.74) is -0.102. The summed E-state index contributed by atoms with van der Waals surface area (Å²) in [4.78, 5) is 71.9. The summed E-state index contributed by atoms with van der Waals surface area (Å²) >= 11 is 0. The Morgan fingerprint density at radius 2 is 1.75 bits per heavy atom. The monoisotopic (exact) mass is 829 g/mol. The molecule has 7 rings (SSSR count). The van der Waals surface area contributed by atoms with Crippen molar-refractivity contribution in [2.75, 3.05) is 13.2 Å². The Morgan fingerprint density at radius 1 is 1.02 bits per heavy atom. The van der Waals surface area contributed by atoms with E-state index >= 15 is 0 Å². The first-order valence-electron chi connectivity index (χ1n) is 20.5. The maximum absolute atomic E-state index is 14.7. The third-order valence-electron chi connectivity index (χ3n) is 12.0. The van der Waals surface area contributed by atoms with Gasteiger partial charge in [-0.05, 0) is 78.7 Å². The number of nitrogens with zero attached hydrogens (tertiary/aromatic N) is 2. The summed E-state index contributed by atoms with van der Waals surface area (Å²) in [5.74, 6) is -3.11. The summed E-state index contributed by atoms with van der Waals surface area (Å²) in [5, 5.41) is 5.77. The molecule has 2 saturated carbocycles. The minimum atomic E-state index is -3.91. The van der Waals surface area contributed by atoms with Crippen molar-refractivity contribution >= 4 is 56.8 Å². The molecule has 5 atom stereocenters. The fourth-order valence-electron chi connectivity index (χ4n) is 8.28. The molecular weight excluding hydrogens is 775 g/mol. The van der Waals surface area contributed by atoms with Crippen LogP contribution in [-0.4, -0.2) is 89.8 Å². The van der Waals surface area contributed by atoms with Crippen molar-refractivity contribution in [2.45, 2.75) is 115 Å². The molecule has 0 spiro atoms. The number of amides is 4. The van der Waals surface area contributed by atoms with Crippen LogP contribution in [-0.2, 0) is 33.9 Å². The minimum absolute atomic E-state index is 0.0859. The maximum atomic E-state index is 14.7. The number of para-hydroxylation sites is 1. The number of cyclic esters (lactones) is 1. The minimum Gasteiger partial charge on any atom is -0.456 e. The number of allylic oxidation sites excluding steroid dienone is 1. The van der Waals surface area contributed by atoms with E-state index < -0.39 is 79.6 Å². The number of sulfonamides is 1. The average molecular weight is 830 g/mol. The van der Waals surface area contributed by atoms with Gasteiger partial charge in [0, 0.05) is 17.5 Å². The van der Waals surface area contributed by atoms with Crippen molar-refractivity contribution in [3.63, 3.8) is 0 Å². The number of hydrogen-bond donors (Lipinski definition) is 3. The lowest BCUT2D eigenvalue weighted by molar-refractivity contribution is -0.143. The Morgan fingerprint density at radius 3 is 2.41 bits per heavy atom. The van der Waals surface area contributed by atoms with Gasteiger partial charge in [-0.2, -0.15) is 0 Å².